The molecule has 0 N–H and O–H groups in total. The Hall–Kier alpha value is -2.00. The highest BCUT2D eigenvalue weighted by atomic mass is 16.7. The molecular formula is C23H36O9. The summed E-state index contributed by atoms with van der Waals surface area (Å²) in [6.07, 6.45) is 4.75. The topological polar surface area (TPSA) is 114 Å². The van der Waals surface area contributed by atoms with Crippen molar-refractivity contribution in [3.63, 3.8) is 0 Å². The van der Waals surface area contributed by atoms with Crippen molar-refractivity contribution >= 4 is 24.2 Å². The maximum Gasteiger partial charge on any atom is 0.305 e. The number of carbonyl (C=O) groups is 4. The van der Waals surface area contributed by atoms with Gasteiger partial charge in [-0.25, -0.2) is 0 Å². The number of methoxy groups -OCH3 is 1. The third kappa shape index (κ3) is 8.50. The quantitative estimate of drug-likeness (QED) is 0.248. The van der Waals surface area contributed by atoms with E-state index in [2.05, 4.69) is 4.74 Å². The van der Waals surface area contributed by atoms with Gasteiger partial charge in [-0.2, -0.15) is 0 Å². The predicted octanol–water partition coefficient (Wildman–Crippen LogP) is 2.72. The Balaban J connectivity index is 2.01. The lowest BCUT2D eigenvalue weighted by molar-refractivity contribution is -0.195. The second-order valence-corrected chi connectivity index (χ2v) is 8.51. The molecule has 2 fully saturated rings. The summed E-state index contributed by atoms with van der Waals surface area (Å²) in [5.41, 5.74) is 0. The number of aldehydes is 1. The molecule has 1 saturated carbocycles. The zero-order valence-corrected chi connectivity index (χ0v) is 19.3. The van der Waals surface area contributed by atoms with E-state index in [1.54, 1.807) is 0 Å². The van der Waals surface area contributed by atoms with Crippen LogP contribution in [-0.4, -0.2) is 62.5 Å². The summed E-state index contributed by atoms with van der Waals surface area (Å²) in [5, 5.41) is 0. The summed E-state index contributed by atoms with van der Waals surface area (Å²) in [6, 6.07) is 0. The van der Waals surface area contributed by atoms with Crippen molar-refractivity contribution in [2.24, 2.45) is 11.8 Å². The third-order valence-corrected chi connectivity index (χ3v) is 6.09. The molecule has 0 aromatic heterocycles. The van der Waals surface area contributed by atoms with Crippen LogP contribution in [0.25, 0.3) is 0 Å². The average Bonchev–Trinajstić information content (AvgIpc) is 3.06. The largest absolute Gasteiger partial charge is 0.469 e. The highest BCUT2D eigenvalue weighted by Gasteiger charge is 2.46. The molecule has 9 nitrogen and oxygen atoms in total. The minimum atomic E-state index is -0.454. The van der Waals surface area contributed by atoms with Crippen molar-refractivity contribution in [2.75, 3.05) is 13.7 Å². The van der Waals surface area contributed by atoms with Gasteiger partial charge in [-0.15, -0.1) is 0 Å². The van der Waals surface area contributed by atoms with Gasteiger partial charge in [0, 0.05) is 45.1 Å². The first-order valence-corrected chi connectivity index (χ1v) is 11.5. The SMILES string of the molecule is COC(=O)CCCC(CC[C@H]1[C@@H](C=O)[C@@H](OC2CCCCO2)C[C@H]1OC(C)=O)OC(C)=O. The molecule has 0 radical (unpaired) electrons. The van der Waals surface area contributed by atoms with E-state index in [4.69, 9.17) is 18.9 Å². The molecule has 9 heteroatoms. The molecule has 1 saturated heterocycles. The Morgan fingerprint density at radius 3 is 2.47 bits per heavy atom. The molecular weight excluding hydrogens is 420 g/mol. The maximum absolute atomic E-state index is 12.0. The molecule has 0 bridgehead atoms. The number of ether oxygens (including phenoxy) is 5. The zero-order chi connectivity index (χ0) is 23.5. The fourth-order valence-corrected chi connectivity index (χ4v) is 4.61. The van der Waals surface area contributed by atoms with Gasteiger partial charge in [0.15, 0.2) is 6.29 Å². The second-order valence-electron chi connectivity index (χ2n) is 8.51. The van der Waals surface area contributed by atoms with Gasteiger partial charge >= 0.3 is 17.9 Å². The van der Waals surface area contributed by atoms with E-state index >= 15 is 0 Å². The molecule has 1 heterocycles. The van der Waals surface area contributed by atoms with Crippen molar-refractivity contribution in [3.05, 3.63) is 0 Å². The molecule has 0 spiro atoms. The predicted molar refractivity (Wildman–Crippen MR) is 112 cm³/mol. The number of carbonyl (C=O) groups excluding carboxylic acids is 4. The Bertz CT molecular complexity index is 629. The van der Waals surface area contributed by atoms with E-state index in [-0.39, 0.29) is 24.6 Å². The Morgan fingerprint density at radius 2 is 1.88 bits per heavy atom. The Kier molecular flexibility index (Phi) is 11.1. The average molecular weight is 457 g/mol. The highest BCUT2D eigenvalue weighted by Crippen LogP contribution is 2.40. The van der Waals surface area contributed by atoms with Crippen LogP contribution in [0.5, 0.6) is 0 Å². The molecule has 2 unspecified atom stereocenters. The van der Waals surface area contributed by atoms with Crippen LogP contribution in [0.3, 0.4) is 0 Å². The number of hydrogen-bond acceptors (Lipinski definition) is 9. The summed E-state index contributed by atoms with van der Waals surface area (Å²) >= 11 is 0. The molecule has 0 amide bonds. The van der Waals surface area contributed by atoms with E-state index in [1.807, 2.05) is 0 Å². The summed E-state index contributed by atoms with van der Waals surface area (Å²) < 4.78 is 27.3. The smallest absolute Gasteiger partial charge is 0.305 e. The molecule has 6 atom stereocenters. The van der Waals surface area contributed by atoms with Gasteiger partial charge in [-0.05, 0) is 44.9 Å². The fraction of sp³-hybridized carbons (Fsp3) is 0.826. The van der Waals surface area contributed by atoms with Crippen LogP contribution in [0, 0.1) is 11.8 Å². The number of rotatable bonds is 12. The van der Waals surface area contributed by atoms with Crippen molar-refractivity contribution in [1.29, 1.82) is 0 Å². The second kappa shape index (κ2) is 13.5. The molecule has 32 heavy (non-hydrogen) atoms. The van der Waals surface area contributed by atoms with E-state index in [0.717, 1.165) is 25.5 Å². The van der Waals surface area contributed by atoms with Crippen molar-refractivity contribution in [2.45, 2.75) is 96.2 Å². The Morgan fingerprint density at radius 1 is 1.09 bits per heavy atom. The van der Waals surface area contributed by atoms with Crippen LogP contribution >= 0.6 is 0 Å². The van der Waals surface area contributed by atoms with Gasteiger partial charge in [-0.3, -0.25) is 14.4 Å². The van der Waals surface area contributed by atoms with E-state index in [1.165, 1.54) is 21.0 Å². The fourth-order valence-electron chi connectivity index (χ4n) is 4.61. The highest BCUT2D eigenvalue weighted by molar-refractivity contribution is 5.69. The molecule has 182 valence electrons. The third-order valence-electron chi connectivity index (χ3n) is 6.09. The van der Waals surface area contributed by atoms with Crippen molar-refractivity contribution < 1.29 is 42.9 Å². The minimum absolute atomic E-state index is 0.238. The molecule has 2 rings (SSSR count). The van der Waals surface area contributed by atoms with Crippen molar-refractivity contribution in [3.8, 4) is 0 Å². The first kappa shape index (κ1) is 26.3. The molecule has 1 aliphatic heterocycles. The lowest BCUT2D eigenvalue weighted by Gasteiger charge is -2.28. The van der Waals surface area contributed by atoms with Crippen LogP contribution in [0.1, 0.15) is 71.6 Å². The summed E-state index contributed by atoms with van der Waals surface area (Å²) in [4.78, 5) is 46.6. The standard InChI is InChI=1S/C23H36O9/c1-15(25)30-17(7-6-8-22(27)28-3)10-11-18-19(14-24)21(13-20(18)31-16(2)26)32-23-9-4-5-12-29-23/h14,17-21,23H,4-13H2,1-3H3/t17?,18-,19+,20+,21-,23?/m0/s1. The summed E-state index contributed by atoms with van der Waals surface area (Å²) in [6.45, 7) is 3.32. The normalized spacial score (nSPS) is 28.5. The van der Waals surface area contributed by atoms with Crippen LogP contribution in [-0.2, 0) is 42.9 Å². The molecule has 0 aromatic rings. The van der Waals surface area contributed by atoms with Gasteiger partial charge in [0.05, 0.1) is 13.2 Å². The van der Waals surface area contributed by atoms with E-state index in [9.17, 15) is 19.2 Å². The van der Waals surface area contributed by atoms with Crippen LogP contribution < -0.4 is 0 Å². The van der Waals surface area contributed by atoms with Gasteiger partial charge in [0.2, 0.25) is 0 Å². The van der Waals surface area contributed by atoms with Gasteiger partial charge < -0.3 is 28.5 Å². The lowest BCUT2D eigenvalue weighted by atomic mass is 9.88. The maximum atomic E-state index is 12.0. The van der Waals surface area contributed by atoms with Crippen molar-refractivity contribution in [1.82, 2.24) is 0 Å². The number of esters is 3. The Labute approximate surface area is 189 Å². The van der Waals surface area contributed by atoms with E-state index < -0.39 is 36.2 Å². The van der Waals surface area contributed by atoms with Crippen LogP contribution in [0.4, 0.5) is 0 Å². The zero-order valence-electron chi connectivity index (χ0n) is 19.3. The first-order chi connectivity index (χ1) is 15.3. The van der Waals surface area contributed by atoms with Gasteiger partial charge in [-0.1, -0.05) is 0 Å². The van der Waals surface area contributed by atoms with E-state index in [0.29, 0.717) is 38.7 Å². The minimum Gasteiger partial charge on any atom is -0.469 e. The summed E-state index contributed by atoms with van der Waals surface area (Å²) in [7, 11) is 1.33. The summed E-state index contributed by atoms with van der Waals surface area (Å²) in [5.74, 6) is -1.82. The first-order valence-electron chi connectivity index (χ1n) is 11.5. The van der Waals surface area contributed by atoms with Gasteiger partial charge in [0.1, 0.15) is 18.5 Å². The molecule has 2 aliphatic rings. The van der Waals surface area contributed by atoms with Crippen LogP contribution in [0.15, 0.2) is 0 Å². The van der Waals surface area contributed by atoms with Gasteiger partial charge in [0.25, 0.3) is 0 Å². The monoisotopic (exact) mass is 456 g/mol. The lowest BCUT2D eigenvalue weighted by Crippen LogP contribution is -2.32. The van der Waals surface area contributed by atoms with Crippen LogP contribution in [0.2, 0.25) is 0 Å². The number of hydrogen-bond donors (Lipinski definition) is 0. The molecule has 0 aromatic carbocycles. The molecule has 1 aliphatic carbocycles.